The lowest BCUT2D eigenvalue weighted by Crippen LogP contribution is -1.92. The van der Waals surface area contributed by atoms with Gasteiger partial charge in [0.1, 0.15) is 5.75 Å². The van der Waals surface area contributed by atoms with E-state index in [9.17, 15) is 5.11 Å². The Hall–Kier alpha value is -0.970. The summed E-state index contributed by atoms with van der Waals surface area (Å²) in [6.45, 7) is 1.76. The standard InChI is InChI=1S/C15H15BrO2S/c1-10(17)14-7-6-13(9-15(14)16)19-12-5-3-4-11(8-12)18-2/h3-10,17H,1-2H3. The van der Waals surface area contributed by atoms with Gasteiger partial charge in [-0.2, -0.15) is 0 Å². The molecule has 0 saturated carbocycles. The molecule has 0 aromatic heterocycles. The van der Waals surface area contributed by atoms with E-state index in [2.05, 4.69) is 15.9 Å². The van der Waals surface area contributed by atoms with Crippen LogP contribution in [0.15, 0.2) is 56.7 Å². The Morgan fingerprint density at radius 2 is 1.89 bits per heavy atom. The molecule has 0 radical (unpaired) electrons. The Labute approximate surface area is 125 Å². The fraction of sp³-hybridized carbons (Fsp3) is 0.200. The zero-order chi connectivity index (χ0) is 13.8. The van der Waals surface area contributed by atoms with Crippen molar-refractivity contribution in [3.8, 4) is 5.75 Å². The van der Waals surface area contributed by atoms with Crippen LogP contribution in [0.5, 0.6) is 5.75 Å². The summed E-state index contributed by atoms with van der Waals surface area (Å²) < 4.78 is 6.14. The normalized spacial score (nSPS) is 12.2. The number of benzene rings is 2. The molecule has 0 aliphatic carbocycles. The summed E-state index contributed by atoms with van der Waals surface area (Å²) in [6.07, 6.45) is -0.467. The van der Waals surface area contributed by atoms with E-state index in [0.29, 0.717) is 0 Å². The Morgan fingerprint density at radius 1 is 1.16 bits per heavy atom. The van der Waals surface area contributed by atoms with E-state index in [4.69, 9.17) is 4.74 Å². The molecule has 0 aliphatic rings. The van der Waals surface area contributed by atoms with Crippen LogP contribution in [-0.2, 0) is 0 Å². The van der Waals surface area contributed by atoms with E-state index in [-0.39, 0.29) is 0 Å². The van der Waals surface area contributed by atoms with Crippen LogP contribution in [0.4, 0.5) is 0 Å². The number of rotatable bonds is 4. The second-order valence-electron chi connectivity index (χ2n) is 4.14. The van der Waals surface area contributed by atoms with Crippen molar-refractivity contribution in [3.05, 3.63) is 52.5 Å². The summed E-state index contributed by atoms with van der Waals surface area (Å²) in [6, 6.07) is 13.9. The first-order valence-corrected chi connectivity index (χ1v) is 7.50. The molecule has 19 heavy (non-hydrogen) atoms. The first-order chi connectivity index (χ1) is 9.10. The van der Waals surface area contributed by atoms with E-state index in [1.165, 1.54) is 0 Å². The Balaban J connectivity index is 2.21. The van der Waals surface area contributed by atoms with E-state index in [1.54, 1.807) is 25.8 Å². The van der Waals surface area contributed by atoms with Gasteiger partial charge in [-0.1, -0.05) is 39.8 Å². The molecule has 0 fully saturated rings. The van der Waals surface area contributed by atoms with Gasteiger partial charge in [-0.15, -0.1) is 0 Å². The lowest BCUT2D eigenvalue weighted by atomic mass is 10.1. The topological polar surface area (TPSA) is 29.5 Å². The van der Waals surface area contributed by atoms with Crippen LogP contribution in [0.3, 0.4) is 0 Å². The molecule has 4 heteroatoms. The van der Waals surface area contributed by atoms with Gasteiger partial charge in [-0.25, -0.2) is 0 Å². The Morgan fingerprint density at radius 3 is 2.53 bits per heavy atom. The maximum absolute atomic E-state index is 9.60. The number of aliphatic hydroxyl groups is 1. The van der Waals surface area contributed by atoms with Crippen LogP contribution in [0.25, 0.3) is 0 Å². The first-order valence-electron chi connectivity index (χ1n) is 5.89. The Bertz CT molecular complexity index is 570. The predicted octanol–water partition coefficient (Wildman–Crippen LogP) is 4.66. The maximum atomic E-state index is 9.60. The third kappa shape index (κ3) is 3.75. The van der Waals surface area contributed by atoms with Gasteiger partial charge < -0.3 is 9.84 Å². The van der Waals surface area contributed by atoms with Gasteiger partial charge in [-0.3, -0.25) is 0 Å². The molecule has 100 valence electrons. The summed E-state index contributed by atoms with van der Waals surface area (Å²) >= 11 is 5.15. The molecule has 0 amide bonds. The molecular weight excluding hydrogens is 324 g/mol. The van der Waals surface area contributed by atoms with Crippen molar-refractivity contribution in [2.75, 3.05) is 7.11 Å². The molecule has 2 rings (SSSR count). The largest absolute Gasteiger partial charge is 0.497 e. The second kappa shape index (κ2) is 6.46. The zero-order valence-corrected chi connectivity index (χ0v) is 13.2. The minimum absolute atomic E-state index is 0.467. The molecule has 2 nitrogen and oxygen atoms in total. The van der Waals surface area contributed by atoms with Crippen LogP contribution in [0, 0.1) is 0 Å². The lowest BCUT2D eigenvalue weighted by Gasteiger charge is -2.10. The number of hydrogen-bond acceptors (Lipinski definition) is 3. The van der Waals surface area contributed by atoms with Crippen molar-refractivity contribution in [3.63, 3.8) is 0 Å². The van der Waals surface area contributed by atoms with E-state index < -0.39 is 6.10 Å². The summed E-state index contributed by atoms with van der Waals surface area (Å²) in [5.41, 5.74) is 0.898. The van der Waals surface area contributed by atoms with Crippen molar-refractivity contribution in [1.29, 1.82) is 0 Å². The fourth-order valence-corrected chi connectivity index (χ4v) is 3.48. The number of hydrogen-bond donors (Lipinski definition) is 1. The summed E-state index contributed by atoms with van der Waals surface area (Å²) in [4.78, 5) is 2.24. The van der Waals surface area contributed by atoms with Gasteiger partial charge in [0.05, 0.1) is 13.2 Å². The van der Waals surface area contributed by atoms with Gasteiger partial charge in [0.15, 0.2) is 0 Å². The van der Waals surface area contributed by atoms with Crippen LogP contribution in [-0.4, -0.2) is 12.2 Å². The monoisotopic (exact) mass is 338 g/mol. The zero-order valence-electron chi connectivity index (χ0n) is 10.8. The minimum atomic E-state index is -0.467. The highest BCUT2D eigenvalue weighted by Crippen LogP contribution is 2.34. The third-order valence-corrected chi connectivity index (χ3v) is 4.36. The van der Waals surface area contributed by atoms with Crippen LogP contribution < -0.4 is 4.74 Å². The molecular formula is C15H15BrO2S. The van der Waals surface area contributed by atoms with Crippen molar-refractivity contribution < 1.29 is 9.84 Å². The number of halogens is 1. The summed E-state index contributed by atoms with van der Waals surface area (Å²) in [5.74, 6) is 0.852. The molecule has 0 heterocycles. The van der Waals surface area contributed by atoms with Crippen molar-refractivity contribution in [2.24, 2.45) is 0 Å². The smallest absolute Gasteiger partial charge is 0.119 e. The molecule has 1 N–H and O–H groups in total. The lowest BCUT2D eigenvalue weighted by molar-refractivity contribution is 0.198. The van der Waals surface area contributed by atoms with Crippen LogP contribution >= 0.6 is 27.7 Å². The summed E-state index contributed by atoms with van der Waals surface area (Å²) in [7, 11) is 1.66. The molecule has 0 bridgehead atoms. The van der Waals surface area contributed by atoms with Gasteiger partial charge in [0, 0.05) is 14.3 Å². The molecule has 2 aromatic carbocycles. The average Bonchev–Trinajstić information content (AvgIpc) is 2.38. The van der Waals surface area contributed by atoms with Gasteiger partial charge in [-0.05, 0) is 42.8 Å². The van der Waals surface area contributed by atoms with Gasteiger partial charge in [0.2, 0.25) is 0 Å². The Kier molecular flexibility index (Phi) is 4.91. The predicted molar refractivity (Wildman–Crippen MR) is 81.9 cm³/mol. The number of methoxy groups -OCH3 is 1. The molecule has 2 aromatic rings. The fourth-order valence-electron chi connectivity index (χ4n) is 1.71. The highest BCUT2D eigenvalue weighted by Gasteiger charge is 2.07. The van der Waals surface area contributed by atoms with Crippen LogP contribution in [0.1, 0.15) is 18.6 Å². The first kappa shape index (κ1) is 14.4. The number of aliphatic hydroxyl groups excluding tert-OH is 1. The van der Waals surface area contributed by atoms with Gasteiger partial charge in [0.25, 0.3) is 0 Å². The molecule has 0 saturated heterocycles. The summed E-state index contributed by atoms with van der Waals surface area (Å²) in [5, 5.41) is 9.60. The molecule has 0 aliphatic heterocycles. The van der Waals surface area contributed by atoms with Crippen molar-refractivity contribution in [2.45, 2.75) is 22.8 Å². The highest BCUT2D eigenvalue weighted by molar-refractivity contribution is 9.10. The highest BCUT2D eigenvalue weighted by atomic mass is 79.9. The van der Waals surface area contributed by atoms with Crippen LogP contribution in [0.2, 0.25) is 0 Å². The van der Waals surface area contributed by atoms with Crippen molar-refractivity contribution in [1.82, 2.24) is 0 Å². The SMILES string of the molecule is COc1cccc(Sc2ccc(C(C)O)c(Br)c2)c1. The second-order valence-corrected chi connectivity index (χ2v) is 6.14. The third-order valence-electron chi connectivity index (χ3n) is 2.70. The van der Waals surface area contributed by atoms with E-state index in [0.717, 1.165) is 25.6 Å². The van der Waals surface area contributed by atoms with Gasteiger partial charge >= 0.3 is 0 Å². The van der Waals surface area contributed by atoms with Crippen molar-refractivity contribution >= 4 is 27.7 Å². The quantitative estimate of drug-likeness (QED) is 0.878. The average molecular weight is 339 g/mol. The molecule has 0 spiro atoms. The minimum Gasteiger partial charge on any atom is -0.497 e. The van der Waals surface area contributed by atoms with E-state index >= 15 is 0 Å². The molecule has 1 unspecified atom stereocenters. The molecule has 1 atom stereocenters. The van der Waals surface area contributed by atoms with E-state index in [1.807, 2.05) is 42.5 Å². The maximum Gasteiger partial charge on any atom is 0.119 e. The number of ether oxygens (including phenoxy) is 1.